The van der Waals surface area contributed by atoms with E-state index in [0.717, 1.165) is 50.2 Å². The van der Waals surface area contributed by atoms with Crippen LogP contribution in [0.25, 0.3) is 66.2 Å². The summed E-state index contributed by atoms with van der Waals surface area (Å²) in [4.78, 5) is 4.74. The zero-order chi connectivity index (χ0) is 32.5. The second kappa shape index (κ2) is 10.6. The Bertz CT molecular complexity index is 2340. The Kier molecular flexibility index (Phi) is 6.56. The van der Waals surface area contributed by atoms with Crippen LogP contribution < -0.4 is 4.74 Å². The van der Waals surface area contributed by atoms with E-state index >= 15 is 0 Å². The molecule has 4 heteroatoms. The lowest BCUT2D eigenvalue weighted by Gasteiger charge is -2.29. The topological polar surface area (TPSA) is 32.0 Å². The molecular weight excluding hydrogens is 574 g/mol. The van der Waals surface area contributed by atoms with Crippen LogP contribution in [0.3, 0.4) is 0 Å². The SMILES string of the molecule is CC(C)(C)Oc1c(-c2ccc(-n3c4ccccc4c4ncccc43)cc2)cc(C(C)(C)C)cc1-n1c2ccccc2c2ccccc21. The highest BCUT2D eigenvalue weighted by Crippen LogP contribution is 2.45. The summed E-state index contributed by atoms with van der Waals surface area (Å²) in [6.07, 6.45) is 1.87. The van der Waals surface area contributed by atoms with Crippen molar-refractivity contribution in [2.45, 2.75) is 52.6 Å². The van der Waals surface area contributed by atoms with Gasteiger partial charge >= 0.3 is 0 Å². The van der Waals surface area contributed by atoms with Crippen molar-refractivity contribution in [2.24, 2.45) is 0 Å². The van der Waals surface area contributed by atoms with Gasteiger partial charge in [-0.15, -0.1) is 0 Å². The van der Waals surface area contributed by atoms with E-state index in [9.17, 15) is 0 Å². The molecule has 3 aromatic heterocycles. The van der Waals surface area contributed by atoms with Crippen molar-refractivity contribution in [3.05, 3.63) is 133 Å². The molecule has 0 aliphatic rings. The van der Waals surface area contributed by atoms with Gasteiger partial charge in [0.1, 0.15) is 5.60 Å². The van der Waals surface area contributed by atoms with Crippen molar-refractivity contribution in [3.8, 4) is 28.3 Å². The highest BCUT2D eigenvalue weighted by molar-refractivity contribution is 6.10. The van der Waals surface area contributed by atoms with Crippen LogP contribution in [0.1, 0.15) is 47.1 Å². The van der Waals surface area contributed by atoms with Gasteiger partial charge in [0.2, 0.25) is 0 Å². The summed E-state index contributed by atoms with van der Waals surface area (Å²) >= 11 is 0. The number of hydrogen-bond donors (Lipinski definition) is 0. The number of rotatable bonds is 4. The third-order valence-electron chi connectivity index (χ3n) is 9.03. The molecule has 8 aromatic rings. The molecule has 0 saturated heterocycles. The second-order valence-corrected chi connectivity index (χ2v) is 14.5. The summed E-state index contributed by atoms with van der Waals surface area (Å²) in [5, 5.41) is 3.62. The quantitative estimate of drug-likeness (QED) is 0.198. The normalized spacial score (nSPS) is 12.5. The maximum atomic E-state index is 6.99. The van der Waals surface area contributed by atoms with Gasteiger partial charge in [0.05, 0.1) is 33.3 Å². The number of aromatic nitrogens is 3. The smallest absolute Gasteiger partial charge is 0.151 e. The summed E-state index contributed by atoms with van der Waals surface area (Å²) in [6, 6.07) is 43.6. The molecule has 47 heavy (non-hydrogen) atoms. The molecule has 5 aromatic carbocycles. The Balaban J connectivity index is 1.39. The van der Waals surface area contributed by atoms with E-state index in [1.165, 1.54) is 27.4 Å². The maximum Gasteiger partial charge on any atom is 0.151 e. The van der Waals surface area contributed by atoms with Crippen molar-refractivity contribution in [1.82, 2.24) is 14.1 Å². The fourth-order valence-corrected chi connectivity index (χ4v) is 6.87. The Morgan fingerprint density at radius 2 is 1.11 bits per heavy atom. The Morgan fingerprint density at radius 3 is 1.70 bits per heavy atom. The number of nitrogens with zero attached hydrogens (tertiary/aromatic N) is 3. The van der Waals surface area contributed by atoms with Gasteiger partial charge in [0.15, 0.2) is 5.75 Å². The minimum absolute atomic E-state index is 0.0849. The number of hydrogen-bond acceptors (Lipinski definition) is 2. The molecule has 0 aliphatic heterocycles. The van der Waals surface area contributed by atoms with Crippen LogP contribution in [0.5, 0.6) is 5.75 Å². The van der Waals surface area contributed by atoms with Crippen molar-refractivity contribution >= 4 is 43.7 Å². The van der Waals surface area contributed by atoms with Crippen LogP contribution in [0, 0.1) is 0 Å². The standard InChI is InChI=1S/C43H39N3O/c1-42(2,3)29-26-34(28-21-23-30(24-22-28)45-37-19-12-9-16-33(37)40-38(45)20-13-25-44-40)41(47-43(4,5)6)39(27-29)46-35-17-10-7-14-31(35)32-15-8-11-18-36(32)46/h7-27H,1-6H3. The predicted molar refractivity (Wildman–Crippen MR) is 197 cm³/mol. The number of ether oxygens (including phenoxy) is 1. The largest absolute Gasteiger partial charge is 0.485 e. The zero-order valence-corrected chi connectivity index (χ0v) is 27.9. The van der Waals surface area contributed by atoms with Crippen molar-refractivity contribution in [2.75, 3.05) is 0 Å². The zero-order valence-electron chi connectivity index (χ0n) is 27.9. The lowest BCUT2D eigenvalue weighted by atomic mass is 9.84. The van der Waals surface area contributed by atoms with Crippen LogP contribution in [-0.2, 0) is 5.41 Å². The predicted octanol–water partition coefficient (Wildman–Crippen LogP) is 11.4. The molecule has 0 spiro atoms. The molecule has 0 saturated carbocycles. The molecule has 0 N–H and O–H groups in total. The van der Waals surface area contributed by atoms with Gasteiger partial charge in [-0.2, -0.15) is 0 Å². The van der Waals surface area contributed by atoms with Gasteiger partial charge in [-0.25, -0.2) is 0 Å². The average Bonchev–Trinajstić information content (AvgIpc) is 3.57. The van der Waals surface area contributed by atoms with Crippen molar-refractivity contribution in [3.63, 3.8) is 0 Å². The molecule has 0 amide bonds. The highest BCUT2D eigenvalue weighted by Gasteiger charge is 2.26. The third kappa shape index (κ3) is 4.87. The van der Waals surface area contributed by atoms with Gasteiger partial charge in [0, 0.05) is 33.6 Å². The van der Waals surface area contributed by atoms with Crippen molar-refractivity contribution in [1.29, 1.82) is 0 Å². The number of benzene rings is 5. The summed E-state index contributed by atoms with van der Waals surface area (Å²) in [7, 11) is 0. The molecule has 0 unspecified atom stereocenters. The fraction of sp³-hybridized carbons (Fsp3) is 0.186. The van der Waals surface area contributed by atoms with Crippen molar-refractivity contribution < 1.29 is 4.74 Å². The second-order valence-electron chi connectivity index (χ2n) is 14.5. The molecule has 3 heterocycles. The lowest BCUT2D eigenvalue weighted by Crippen LogP contribution is -2.25. The molecule has 0 bridgehead atoms. The molecule has 0 aliphatic carbocycles. The lowest BCUT2D eigenvalue weighted by molar-refractivity contribution is 0.131. The van der Waals surface area contributed by atoms with E-state index in [1.54, 1.807) is 0 Å². The molecule has 0 radical (unpaired) electrons. The molecule has 0 fully saturated rings. The maximum absolute atomic E-state index is 6.99. The first kappa shape index (κ1) is 29.1. The summed E-state index contributed by atoms with van der Waals surface area (Å²) in [6.45, 7) is 13.2. The van der Waals surface area contributed by atoms with E-state index < -0.39 is 5.60 Å². The minimum Gasteiger partial charge on any atom is -0.485 e. The van der Waals surface area contributed by atoms with Gasteiger partial charge in [-0.1, -0.05) is 87.5 Å². The average molecular weight is 614 g/mol. The minimum atomic E-state index is -0.415. The van der Waals surface area contributed by atoms with E-state index in [-0.39, 0.29) is 5.41 Å². The van der Waals surface area contributed by atoms with Gasteiger partial charge < -0.3 is 13.9 Å². The first-order chi connectivity index (χ1) is 22.6. The first-order valence-corrected chi connectivity index (χ1v) is 16.4. The Hall–Kier alpha value is -5.35. The number of pyridine rings is 1. The van der Waals surface area contributed by atoms with Gasteiger partial charge in [-0.3, -0.25) is 4.98 Å². The van der Waals surface area contributed by atoms with E-state index in [2.05, 4.69) is 166 Å². The summed E-state index contributed by atoms with van der Waals surface area (Å²) in [5.74, 6) is 0.880. The first-order valence-electron chi connectivity index (χ1n) is 16.4. The van der Waals surface area contributed by atoms with Crippen LogP contribution in [0.2, 0.25) is 0 Å². The number of fused-ring (bicyclic) bond motifs is 6. The molecular formula is C43H39N3O. The Morgan fingerprint density at radius 1 is 0.553 bits per heavy atom. The van der Waals surface area contributed by atoms with Gasteiger partial charge in [-0.05, 0) is 91.9 Å². The molecule has 8 rings (SSSR count). The van der Waals surface area contributed by atoms with Crippen LogP contribution in [0.4, 0.5) is 0 Å². The molecule has 0 atom stereocenters. The van der Waals surface area contributed by atoms with Crippen LogP contribution >= 0.6 is 0 Å². The fourth-order valence-electron chi connectivity index (χ4n) is 6.87. The highest BCUT2D eigenvalue weighted by atomic mass is 16.5. The Labute approximate surface area is 275 Å². The third-order valence-corrected chi connectivity index (χ3v) is 9.03. The van der Waals surface area contributed by atoms with Gasteiger partial charge in [0.25, 0.3) is 0 Å². The molecule has 232 valence electrons. The number of para-hydroxylation sites is 3. The summed E-state index contributed by atoms with van der Waals surface area (Å²) < 4.78 is 11.7. The van der Waals surface area contributed by atoms with E-state index in [1.807, 2.05) is 12.3 Å². The molecule has 4 nitrogen and oxygen atoms in total. The van der Waals surface area contributed by atoms with Crippen LogP contribution in [0.15, 0.2) is 128 Å². The van der Waals surface area contributed by atoms with Crippen LogP contribution in [-0.4, -0.2) is 19.7 Å². The van der Waals surface area contributed by atoms with E-state index in [4.69, 9.17) is 9.72 Å². The monoisotopic (exact) mass is 613 g/mol. The summed E-state index contributed by atoms with van der Waals surface area (Å²) in [5.41, 5.74) is 10.7. The van der Waals surface area contributed by atoms with E-state index in [0.29, 0.717) is 0 Å².